The highest BCUT2D eigenvalue weighted by Gasteiger charge is 2.31. The first-order valence-corrected chi connectivity index (χ1v) is 11.6. The molecular weight excluding hydrogens is 459 g/mol. The predicted molar refractivity (Wildman–Crippen MR) is 128 cm³/mol. The molecule has 0 aromatic heterocycles. The normalized spacial score (nSPS) is 11.3. The minimum Gasteiger partial charge on any atom is -0.496 e. The van der Waals surface area contributed by atoms with Crippen LogP contribution in [0.25, 0.3) is 0 Å². The number of hydrogen-bond acceptors (Lipinski definition) is 8. The van der Waals surface area contributed by atoms with Crippen LogP contribution in [0.5, 0.6) is 28.7 Å². The minimum atomic E-state index is -3.21. The fourth-order valence-corrected chi connectivity index (χ4v) is 4.93. The maximum atomic E-state index is 13.6. The van der Waals surface area contributed by atoms with Crippen LogP contribution in [0.1, 0.15) is 26.3 Å². The van der Waals surface area contributed by atoms with Crippen LogP contribution in [-0.2, 0) is 4.57 Å². The monoisotopic (exact) mass is 484 g/mol. The van der Waals surface area contributed by atoms with Crippen LogP contribution in [0, 0.1) is 0 Å². The first-order chi connectivity index (χ1) is 16.4. The van der Waals surface area contributed by atoms with E-state index < -0.39 is 19.1 Å². The summed E-state index contributed by atoms with van der Waals surface area (Å²) in [6, 6.07) is 14.5. The molecule has 0 radical (unpaired) electrons. The van der Waals surface area contributed by atoms with E-state index in [0.717, 1.165) is 0 Å². The molecule has 3 aromatic rings. The van der Waals surface area contributed by atoms with Gasteiger partial charge in [0.1, 0.15) is 39.9 Å². The van der Waals surface area contributed by atoms with Crippen molar-refractivity contribution in [2.75, 3.05) is 35.5 Å². The van der Waals surface area contributed by atoms with Gasteiger partial charge in [-0.15, -0.1) is 0 Å². The molecule has 0 heterocycles. The summed E-state index contributed by atoms with van der Waals surface area (Å²) in [6.45, 7) is 0. The van der Waals surface area contributed by atoms with Crippen molar-refractivity contribution in [3.8, 4) is 28.7 Å². The molecule has 9 heteroatoms. The summed E-state index contributed by atoms with van der Waals surface area (Å²) in [6.07, 6.45) is 0. The Morgan fingerprint density at radius 3 is 1.76 bits per heavy atom. The second-order valence-electron chi connectivity index (χ2n) is 6.98. The fourth-order valence-electron chi connectivity index (χ4n) is 3.54. The van der Waals surface area contributed by atoms with E-state index in [1.54, 1.807) is 30.3 Å². The van der Waals surface area contributed by atoms with Crippen molar-refractivity contribution >= 4 is 24.4 Å². The van der Waals surface area contributed by atoms with Gasteiger partial charge in [0.15, 0.2) is 7.80 Å². The van der Waals surface area contributed by atoms with Gasteiger partial charge in [-0.3, -0.25) is 9.59 Å². The lowest BCUT2D eigenvalue weighted by Gasteiger charge is -2.17. The van der Waals surface area contributed by atoms with Gasteiger partial charge >= 0.3 is 0 Å². The summed E-state index contributed by atoms with van der Waals surface area (Å²) < 4.78 is 40.4. The number of ketones is 1. The average Bonchev–Trinajstić information content (AvgIpc) is 2.90. The molecule has 0 N–H and O–H groups in total. The lowest BCUT2D eigenvalue weighted by Crippen LogP contribution is -2.15. The van der Waals surface area contributed by atoms with Crippen molar-refractivity contribution in [1.29, 1.82) is 0 Å². The predicted octanol–water partition coefficient (Wildman–Crippen LogP) is 3.99. The van der Waals surface area contributed by atoms with Crippen LogP contribution in [-0.4, -0.2) is 46.9 Å². The Balaban J connectivity index is 2.17. The van der Waals surface area contributed by atoms with Crippen molar-refractivity contribution in [3.63, 3.8) is 0 Å². The SMILES string of the molecule is COc1cc(OC)c(C(=O)[PH](=O)c2ccc(OC)c(C(=O)c3ccccc3)c2OC)c(OC)c1. The molecule has 0 aliphatic heterocycles. The smallest absolute Gasteiger partial charge is 0.230 e. The van der Waals surface area contributed by atoms with Crippen LogP contribution in [0.15, 0.2) is 54.6 Å². The zero-order chi connectivity index (χ0) is 24.8. The van der Waals surface area contributed by atoms with Gasteiger partial charge in [0.05, 0.1) is 40.9 Å². The average molecular weight is 484 g/mol. The van der Waals surface area contributed by atoms with Crippen molar-refractivity contribution in [1.82, 2.24) is 0 Å². The Kier molecular flexibility index (Phi) is 7.97. The van der Waals surface area contributed by atoms with Crippen molar-refractivity contribution in [2.24, 2.45) is 0 Å². The number of hydrogen-bond donors (Lipinski definition) is 0. The highest BCUT2D eigenvalue weighted by atomic mass is 31.1. The number of rotatable bonds is 10. The Bertz CT molecular complexity index is 1210. The zero-order valence-electron chi connectivity index (χ0n) is 19.5. The summed E-state index contributed by atoms with van der Waals surface area (Å²) in [5, 5.41) is 0.0810. The van der Waals surface area contributed by atoms with Crippen LogP contribution < -0.4 is 29.0 Å². The molecule has 0 aliphatic rings. The van der Waals surface area contributed by atoms with Crippen molar-refractivity contribution in [3.05, 3.63) is 71.3 Å². The summed E-state index contributed by atoms with van der Waals surface area (Å²) in [4.78, 5) is 26.7. The minimum absolute atomic E-state index is 0.00324. The molecule has 0 amide bonds. The third-order valence-electron chi connectivity index (χ3n) is 5.20. The summed E-state index contributed by atoms with van der Waals surface area (Å²) in [5.74, 6) is 0.550. The lowest BCUT2D eigenvalue weighted by atomic mass is 10.0. The van der Waals surface area contributed by atoms with Gasteiger partial charge in [-0.1, -0.05) is 30.3 Å². The van der Waals surface area contributed by atoms with E-state index in [0.29, 0.717) is 11.3 Å². The number of carbonyl (C=O) groups excluding carboxylic acids is 2. The van der Waals surface area contributed by atoms with E-state index in [1.165, 1.54) is 59.8 Å². The van der Waals surface area contributed by atoms with Crippen molar-refractivity contribution in [2.45, 2.75) is 0 Å². The van der Waals surface area contributed by atoms with Gasteiger partial charge in [0, 0.05) is 17.7 Å². The molecule has 34 heavy (non-hydrogen) atoms. The van der Waals surface area contributed by atoms with Gasteiger partial charge in [0.25, 0.3) is 0 Å². The van der Waals surface area contributed by atoms with E-state index in [1.807, 2.05) is 0 Å². The van der Waals surface area contributed by atoms with E-state index >= 15 is 0 Å². The second-order valence-corrected chi connectivity index (χ2v) is 8.63. The highest BCUT2D eigenvalue weighted by Crippen LogP contribution is 2.43. The number of methoxy groups -OCH3 is 5. The first-order valence-electron chi connectivity index (χ1n) is 10.2. The second kappa shape index (κ2) is 10.9. The Morgan fingerprint density at radius 1 is 0.676 bits per heavy atom. The van der Waals surface area contributed by atoms with Gasteiger partial charge in [-0.25, -0.2) is 0 Å². The largest absolute Gasteiger partial charge is 0.496 e. The maximum absolute atomic E-state index is 13.6. The molecule has 0 saturated heterocycles. The number of ether oxygens (including phenoxy) is 5. The summed E-state index contributed by atoms with van der Waals surface area (Å²) in [5.41, 5.74) is -0.249. The molecule has 3 aromatic carbocycles. The summed E-state index contributed by atoms with van der Waals surface area (Å²) >= 11 is 0. The van der Waals surface area contributed by atoms with Gasteiger partial charge in [-0.05, 0) is 12.1 Å². The molecular formula is C25H25O8P. The summed E-state index contributed by atoms with van der Waals surface area (Å²) in [7, 11) is 3.78. The van der Waals surface area contributed by atoms with Crippen LogP contribution in [0.2, 0.25) is 0 Å². The molecule has 0 fully saturated rings. The van der Waals surface area contributed by atoms with Crippen LogP contribution in [0.3, 0.4) is 0 Å². The van der Waals surface area contributed by atoms with Crippen molar-refractivity contribution < 1.29 is 37.8 Å². The molecule has 3 rings (SSSR count). The topological polar surface area (TPSA) is 97.4 Å². The fraction of sp³-hybridized carbons (Fsp3) is 0.200. The standard InChI is InChI=1S/C25H25O8P/c1-29-16-13-18(31-3)21(19(14-16)32-4)25(27)34(28)20-12-11-17(30-2)22(24(20)33-5)23(26)15-9-7-6-8-10-15/h6-14,34H,1-5H3. The van der Waals surface area contributed by atoms with E-state index in [2.05, 4.69) is 0 Å². The Hall–Kier alpha value is -3.77. The highest BCUT2D eigenvalue weighted by molar-refractivity contribution is 7.71. The number of benzene rings is 3. The Labute approximate surface area is 198 Å². The molecule has 8 nitrogen and oxygen atoms in total. The first kappa shape index (κ1) is 24.9. The molecule has 0 bridgehead atoms. The Morgan fingerprint density at radius 2 is 1.26 bits per heavy atom. The molecule has 0 saturated carbocycles. The number of carbonyl (C=O) groups is 2. The van der Waals surface area contributed by atoms with E-state index in [9.17, 15) is 14.2 Å². The van der Waals surface area contributed by atoms with Crippen LogP contribution >= 0.6 is 7.80 Å². The van der Waals surface area contributed by atoms with E-state index in [-0.39, 0.29) is 39.4 Å². The molecule has 0 spiro atoms. The third kappa shape index (κ3) is 4.63. The maximum Gasteiger partial charge on any atom is 0.230 e. The van der Waals surface area contributed by atoms with Gasteiger partial charge in [0.2, 0.25) is 11.3 Å². The van der Waals surface area contributed by atoms with Gasteiger partial charge in [-0.2, -0.15) is 0 Å². The van der Waals surface area contributed by atoms with Crippen LogP contribution in [0.4, 0.5) is 0 Å². The lowest BCUT2D eigenvalue weighted by molar-refractivity contribution is 0.103. The van der Waals surface area contributed by atoms with E-state index in [4.69, 9.17) is 23.7 Å². The third-order valence-corrected chi connectivity index (χ3v) is 6.74. The molecule has 1 atom stereocenters. The quantitative estimate of drug-likeness (QED) is 0.315. The molecule has 1 unspecified atom stereocenters. The molecule has 0 aliphatic carbocycles. The van der Waals surface area contributed by atoms with Gasteiger partial charge < -0.3 is 28.2 Å². The zero-order valence-corrected chi connectivity index (χ0v) is 20.5. The molecule has 178 valence electrons.